The molecule has 0 spiro atoms. The van der Waals surface area contributed by atoms with Crippen LogP contribution in [0.1, 0.15) is 5.82 Å². The summed E-state index contributed by atoms with van der Waals surface area (Å²) < 4.78 is 3.15. The van der Waals surface area contributed by atoms with E-state index in [4.69, 9.17) is 11.1 Å². The largest absolute Gasteiger partial charge is 0.359 e. The van der Waals surface area contributed by atoms with Crippen LogP contribution in [0.5, 0.6) is 0 Å². The zero-order valence-corrected chi connectivity index (χ0v) is 7.80. The number of aryl methyl sites for hydroxylation is 1. The summed E-state index contributed by atoms with van der Waals surface area (Å²) in [5, 5.41) is 13.1. The van der Waals surface area contributed by atoms with Crippen LogP contribution in [0.3, 0.4) is 0 Å². The van der Waals surface area contributed by atoms with E-state index in [0.29, 0.717) is 10.9 Å². The highest BCUT2D eigenvalue weighted by Gasteiger charge is 2.17. The molecule has 1 rings (SSSR count). The first-order valence-electron chi connectivity index (χ1n) is 3.37. The minimum absolute atomic E-state index is 0.369. The quantitative estimate of drug-likeness (QED) is 0.376. The number of nitrogen functional groups attached to an aromatic ring is 1. The van der Waals surface area contributed by atoms with Crippen molar-refractivity contribution in [1.82, 2.24) is 9.78 Å². The summed E-state index contributed by atoms with van der Waals surface area (Å²) in [6, 6.07) is 2.02. The Kier molecular flexibility index (Phi) is 2.55. The van der Waals surface area contributed by atoms with Crippen LogP contribution in [0.15, 0.2) is 5.16 Å². The second kappa shape index (κ2) is 3.45. The molecular formula is C6H10N5S+. The van der Waals surface area contributed by atoms with Crippen molar-refractivity contribution >= 4 is 11.8 Å². The lowest BCUT2D eigenvalue weighted by Crippen LogP contribution is -2.47. The number of aromatic nitrogens is 3. The molecule has 1 heterocycles. The van der Waals surface area contributed by atoms with Crippen molar-refractivity contribution in [3.8, 4) is 6.07 Å². The molecule has 0 saturated carbocycles. The molecule has 1 aromatic heterocycles. The van der Waals surface area contributed by atoms with Gasteiger partial charge in [-0.25, -0.2) is 0 Å². The van der Waals surface area contributed by atoms with Gasteiger partial charge in [0.05, 0.1) is 24.0 Å². The van der Waals surface area contributed by atoms with Crippen LogP contribution >= 0.6 is 11.8 Å². The van der Waals surface area contributed by atoms with Crippen molar-refractivity contribution in [3.05, 3.63) is 5.82 Å². The van der Waals surface area contributed by atoms with Gasteiger partial charge < -0.3 is 0 Å². The number of rotatable bonds is 2. The van der Waals surface area contributed by atoms with Crippen molar-refractivity contribution in [2.24, 2.45) is 7.05 Å². The van der Waals surface area contributed by atoms with Gasteiger partial charge in [-0.1, -0.05) is 0 Å². The maximum Gasteiger partial charge on any atom is 0.359 e. The van der Waals surface area contributed by atoms with Gasteiger partial charge in [-0.2, -0.15) is 5.26 Å². The second-order valence-electron chi connectivity index (χ2n) is 2.27. The Morgan fingerprint density at radius 2 is 2.50 bits per heavy atom. The van der Waals surface area contributed by atoms with Crippen molar-refractivity contribution < 1.29 is 4.68 Å². The molecule has 0 unspecified atom stereocenters. The number of nitrogens with zero attached hydrogens (tertiary/aromatic N) is 4. The summed E-state index contributed by atoms with van der Waals surface area (Å²) in [5.74, 6) is 6.87. The maximum absolute atomic E-state index is 8.34. The molecule has 12 heavy (non-hydrogen) atoms. The minimum atomic E-state index is 0.369. The summed E-state index contributed by atoms with van der Waals surface area (Å²) in [6.45, 7) is 1.86. The van der Waals surface area contributed by atoms with E-state index in [1.54, 1.807) is 4.68 Å². The van der Waals surface area contributed by atoms with Crippen LogP contribution in [0.4, 0.5) is 0 Å². The van der Waals surface area contributed by atoms with Crippen LogP contribution in [0.2, 0.25) is 0 Å². The van der Waals surface area contributed by atoms with E-state index in [9.17, 15) is 0 Å². The molecule has 0 bridgehead atoms. The highest BCUT2D eigenvalue weighted by Crippen LogP contribution is 2.08. The van der Waals surface area contributed by atoms with Gasteiger partial charge in [0.25, 0.3) is 5.82 Å². The van der Waals surface area contributed by atoms with Gasteiger partial charge in [0, 0.05) is 6.92 Å². The number of nitriles is 1. The lowest BCUT2D eigenvalue weighted by atomic mass is 10.7. The van der Waals surface area contributed by atoms with Crippen molar-refractivity contribution in [1.29, 1.82) is 5.26 Å². The second-order valence-corrected chi connectivity index (χ2v) is 3.21. The molecule has 0 aromatic carbocycles. The van der Waals surface area contributed by atoms with Crippen LogP contribution in [0.25, 0.3) is 0 Å². The normalized spacial score (nSPS) is 9.75. The van der Waals surface area contributed by atoms with E-state index < -0.39 is 0 Å². The molecule has 2 N–H and O–H groups in total. The highest BCUT2D eigenvalue weighted by molar-refractivity contribution is 7.99. The fourth-order valence-electron chi connectivity index (χ4n) is 0.738. The summed E-state index contributed by atoms with van der Waals surface area (Å²) in [7, 11) is 1.81. The average molecular weight is 184 g/mol. The van der Waals surface area contributed by atoms with Crippen LogP contribution in [-0.4, -0.2) is 15.5 Å². The lowest BCUT2D eigenvalue weighted by Gasteiger charge is -1.88. The highest BCUT2D eigenvalue weighted by atomic mass is 32.2. The van der Waals surface area contributed by atoms with E-state index in [1.807, 2.05) is 20.0 Å². The lowest BCUT2D eigenvalue weighted by molar-refractivity contribution is -0.684. The molecule has 64 valence electrons. The molecule has 0 saturated heterocycles. The zero-order valence-electron chi connectivity index (χ0n) is 6.98. The number of hydrogen-bond donors (Lipinski definition) is 1. The molecule has 0 aliphatic carbocycles. The van der Waals surface area contributed by atoms with E-state index in [1.165, 1.54) is 16.4 Å². The molecule has 0 amide bonds. The smallest absolute Gasteiger partial charge is 0.288 e. The van der Waals surface area contributed by atoms with Crippen LogP contribution in [0, 0.1) is 18.3 Å². The Hall–Kier alpha value is -1.22. The van der Waals surface area contributed by atoms with Crippen LogP contribution < -0.4 is 10.5 Å². The van der Waals surface area contributed by atoms with Crippen molar-refractivity contribution in [2.45, 2.75) is 12.1 Å². The van der Waals surface area contributed by atoms with Crippen molar-refractivity contribution in [2.75, 3.05) is 11.6 Å². The van der Waals surface area contributed by atoms with Gasteiger partial charge in [-0.15, -0.1) is 9.36 Å². The Bertz CT molecular complexity index is 323. The Morgan fingerprint density at radius 3 is 2.92 bits per heavy atom. The number of nitrogens with two attached hydrogens (primary N) is 1. The first kappa shape index (κ1) is 8.87. The third-order valence-electron chi connectivity index (χ3n) is 1.52. The van der Waals surface area contributed by atoms with E-state index >= 15 is 0 Å². The molecule has 6 heteroatoms. The third-order valence-corrected chi connectivity index (χ3v) is 2.33. The Balaban J connectivity index is 2.87. The molecule has 0 atom stereocenters. The first-order chi connectivity index (χ1) is 5.66. The average Bonchev–Trinajstić information content (AvgIpc) is 2.30. The fraction of sp³-hybridized carbons (Fsp3) is 0.500. The molecule has 0 radical (unpaired) electrons. The molecule has 0 fully saturated rings. The predicted octanol–water partition coefficient (Wildman–Crippen LogP) is -0.655. The van der Waals surface area contributed by atoms with Gasteiger partial charge in [-0.3, -0.25) is 5.84 Å². The van der Waals surface area contributed by atoms with Crippen LogP contribution in [-0.2, 0) is 7.05 Å². The van der Waals surface area contributed by atoms with Crippen molar-refractivity contribution in [3.63, 3.8) is 0 Å². The number of hydrogen-bond acceptors (Lipinski definition) is 4. The van der Waals surface area contributed by atoms with Gasteiger partial charge in [0.1, 0.15) is 0 Å². The fourth-order valence-corrected chi connectivity index (χ4v) is 1.38. The standard InChI is InChI=1S/C6H10N5S/c1-5-10(2)9-6(11(5)8)12-4-3-7/h4,8H2,1-2H3/q+1. The molecule has 1 aromatic rings. The topological polar surface area (TPSA) is 71.5 Å². The van der Waals surface area contributed by atoms with Gasteiger partial charge >= 0.3 is 5.16 Å². The van der Waals surface area contributed by atoms with E-state index in [-0.39, 0.29) is 0 Å². The Morgan fingerprint density at radius 1 is 1.83 bits per heavy atom. The summed E-state index contributed by atoms with van der Waals surface area (Å²) in [5.41, 5.74) is 0. The van der Waals surface area contributed by atoms with E-state index in [2.05, 4.69) is 5.10 Å². The monoisotopic (exact) mass is 184 g/mol. The minimum Gasteiger partial charge on any atom is -0.288 e. The molecule has 5 nitrogen and oxygen atoms in total. The first-order valence-corrected chi connectivity index (χ1v) is 4.36. The van der Waals surface area contributed by atoms with Gasteiger partial charge in [-0.05, 0) is 11.8 Å². The maximum atomic E-state index is 8.34. The summed E-state index contributed by atoms with van der Waals surface area (Å²) in [6.07, 6.45) is 0. The summed E-state index contributed by atoms with van der Waals surface area (Å²) >= 11 is 1.33. The molecule has 0 aliphatic heterocycles. The molecule has 0 aliphatic rings. The summed E-state index contributed by atoms with van der Waals surface area (Å²) in [4.78, 5) is 0. The van der Waals surface area contributed by atoms with E-state index in [0.717, 1.165) is 5.82 Å². The SMILES string of the molecule is Cc1n(C)nc(SCC#N)[n+]1N. The molecular weight excluding hydrogens is 174 g/mol. The number of thioether (sulfide) groups is 1. The van der Waals surface area contributed by atoms with Gasteiger partial charge in [0.2, 0.25) is 0 Å². The predicted molar refractivity (Wildman–Crippen MR) is 44.6 cm³/mol. The third kappa shape index (κ3) is 1.51. The zero-order chi connectivity index (χ0) is 9.14. The Labute approximate surface area is 74.8 Å². The van der Waals surface area contributed by atoms with Gasteiger partial charge in [0.15, 0.2) is 0 Å².